The first-order valence-electron chi connectivity index (χ1n) is 7.50. The number of unbranched alkanes of at least 4 members (excludes halogenated alkanes) is 5. The summed E-state index contributed by atoms with van der Waals surface area (Å²) in [5.41, 5.74) is 0. The van der Waals surface area contributed by atoms with E-state index in [9.17, 15) is 13.2 Å². The second-order valence-electron chi connectivity index (χ2n) is 5.59. The zero-order valence-electron chi connectivity index (χ0n) is 12.0. The first-order valence-corrected chi connectivity index (χ1v) is 9.33. The molecule has 0 aromatic heterocycles. The van der Waals surface area contributed by atoms with Gasteiger partial charge in [-0.1, -0.05) is 39.0 Å². The van der Waals surface area contributed by atoms with E-state index in [0.29, 0.717) is 19.4 Å². The number of carbonyl (C=O) groups is 1. The molecule has 1 heterocycles. The van der Waals surface area contributed by atoms with Gasteiger partial charge in [0.2, 0.25) is 5.91 Å². The zero-order chi connectivity index (χ0) is 14.1. The topological polar surface area (TPSA) is 63.2 Å². The Balaban J connectivity index is 1.99. The standard InChI is InChI=1S/C14H27NO3S/c1-2-3-4-5-6-7-8-14(16)15-11-13-9-10-19(17,18)12-13/h13H,2-12H2,1H3,(H,15,16). The highest BCUT2D eigenvalue weighted by atomic mass is 32.2. The van der Waals surface area contributed by atoms with Crippen LogP contribution in [0, 0.1) is 5.92 Å². The van der Waals surface area contributed by atoms with E-state index in [1.54, 1.807) is 0 Å². The Labute approximate surface area is 117 Å². The van der Waals surface area contributed by atoms with Crippen LogP contribution in [0.4, 0.5) is 0 Å². The van der Waals surface area contributed by atoms with Crippen molar-refractivity contribution in [3.05, 3.63) is 0 Å². The molecule has 0 saturated carbocycles. The average molecular weight is 289 g/mol. The first-order chi connectivity index (χ1) is 9.03. The van der Waals surface area contributed by atoms with Crippen LogP contribution in [-0.2, 0) is 14.6 Å². The Morgan fingerprint density at radius 3 is 2.47 bits per heavy atom. The fourth-order valence-corrected chi connectivity index (χ4v) is 4.31. The second kappa shape index (κ2) is 8.56. The number of rotatable bonds is 9. The molecule has 1 atom stereocenters. The van der Waals surface area contributed by atoms with E-state index in [-0.39, 0.29) is 23.3 Å². The SMILES string of the molecule is CCCCCCCCC(=O)NCC1CCS(=O)(=O)C1. The Kier molecular flexibility index (Phi) is 7.42. The smallest absolute Gasteiger partial charge is 0.220 e. The van der Waals surface area contributed by atoms with E-state index < -0.39 is 9.84 Å². The van der Waals surface area contributed by atoms with Crippen molar-refractivity contribution in [1.29, 1.82) is 0 Å². The molecular weight excluding hydrogens is 262 g/mol. The predicted octanol–water partition coefficient (Wildman–Crippen LogP) is 2.29. The first kappa shape index (κ1) is 16.5. The molecule has 0 aromatic rings. The lowest BCUT2D eigenvalue weighted by atomic mass is 10.1. The third kappa shape index (κ3) is 7.55. The Morgan fingerprint density at radius 2 is 1.84 bits per heavy atom. The maximum absolute atomic E-state index is 11.6. The monoisotopic (exact) mass is 289 g/mol. The summed E-state index contributed by atoms with van der Waals surface area (Å²) < 4.78 is 22.5. The predicted molar refractivity (Wildman–Crippen MR) is 77.8 cm³/mol. The van der Waals surface area contributed by atoms with E-state index >= 15 is 0 Å². The van der Waals surface area contributed by atoms with Gasteiger partial charge in [0.05, 0.1) is 11.5 Å². The molecule has 1 amide bonds. The lowest BCUT2D eigenvalue weighted by Crippen LogP contribution is -2.29. The molecule has 19 heavy (non-hydrogen) atoms. The van der Waals surface area contributed by atoms with Crippen molar-refractivity contribution < 1.29 is 13.2 Å². The summed E-state index contributed by atoms with van der Waals surface area (Å²) in [5.74, 6) is 0.716. The van der Waals surface area contributed by atoms with Crippen molar-refractivity contribution in [2.24, 2.45) is 5.92 Å². The molecule has 4 nitrogen and oxygen atoms in total. The normalized spacial score (nSPS) is 21.4. The molecule has 0 radical (unpaired) electrons. The van der Waals surface area contributed by atoms with Gasteiger partial charge in [-0.3, -0.25) is 4.79 Å². The van der Waals surface area contributed by atoms with Crippen LogP contribution in [0.5, 0.6) is 0 Å². The lowest BCUT2D eigenvalue weighted by molar-refractivity contribution is -0.121. The number of carbonyl (C=O) groups excluding carboxylic acids is 1. The summed E-state index contributed by atoms with van der Waals surface area (Å²) in [5, 5.41) is 2.86. The van der Waals surface area contributed by atoms with Gasteiger partial charge in [-0.05, 0) is 18.8 Å². The van der Waals surface area contributed by atoms with Crippen LogP contribution in [0.2, 0.25) is 0 Å². The van der Waals surface area contributed by atoms with Crippen molar-refractivity contribution >= 4 is 15.7 Å². The quantitative estimate of drug-likeness (QED) is 0.662. The molecule has 1 unspecified atom stereocenters. The van der Waals surface area contributed by atoms with Gasteiger partial charge in [0.15, 0.2) is 9.84 Å². The van der Waals surface area contributed by atoms with Gasteiger partial charge in [-0.15, -0.1) is 0 Å². The molecule has 1 saturated heterocycles. The highest BCUT2D eigenvalue weighted by Crippen LogP contribution is 2.17. The molecule has 1 aliphatic rings. The third-order valence-electron chi connectivity index (χ3n) is 3.67. The van der Waals surface area contributed by atoms with E-state index in [0.717, 1.165) is 12.8 Å². The second-order valence-corrected chi connectivity index (χ2v) is 7.82. The highest BCUT2D eigenvalue weighted by molar-refractivity contribution is 7.91. The summed E-state index contributed by atoms with van der Waals surface area (Å²) in [6.45, 7) is 2.71. The Bertz CT molecular complexity index is 365. The molecule has 1 rings (SSSR count). The van der Waals surface area contributed by atoms with Gasteiger partial charge in [0, 0.05) is 13.0 Å². The van der Waals surface area contributed by atoms with Crippen LogP contribution in [0.3, 0.4) is 0 Å². The molecule has 0 spiro atoms. The average Bonchev–Trinajstić information content (AvgIpc) is 2.71. The molecule has 1 aliphatic heterocycles. The maximum atomic E-state index is 11.6. The van der Waals surface area contributed by atoms with Crippen LogP contribution >= 0.6 is 0 Å². The van der Waals surface area contributed by atoms with Crippen molar-refractivity contribution in [2.75, 3.05) is 18.1 Å². The van der Waals surface area contributed by atoms with Crippen LogP contribution in [0.25, 0.3) is 0 Å². The summed E-state index contributed by atoms with van der Waals surface area (Å²) in [6, 6.07) is 0. The van der Waals surface area contributed by atoms with Crippen LogP contribution < -0.4 is 5.32 Å². The molecule has 1 N–H and O–H groups in total. The maximum Gasteiger partial charge on any atom is 0.220 e. The highest BCUT2D eigenvalue weighted by Gasteiger charge is 2.27. The number of amides is 1. The van der Waals surface area contributed by atoms with E-state index in [4.69, 9.17) is 0 Å². The summed E-state index contributed by atoms with van der Waals surface area (Å²) >= 11 is 0. The largest absolute Gasteiger partial charge is 0.356 e. The molecule has 0 aliphatic carbocycles. The fourth-order valence-electron chi connectivity index (χ4n) is 2.45. The molecule has 0 aromatic carbocycles. The minimum atomic E-state index is -2.82. The number of hydrogen-bond donors (Lipinski definition) is 1. The lowest BCUT2D eigenvalue weighted by Gasteiger charge is -2.09. The van der Waals surface area contributed by atoms with Crippen LogP contribution in [0.1, 0.15) is 58.3 Å². The summed E-state index contributed by atoms with van der Waals surface area (Å²) in [7, 11) is -2.82. The van der Waals surface area contributed by atoms with Crippen molar-refractivity contribution in [3.8, 4) is 0 Å². The minimum absolute atomic E-state index is 0.0692. The molecule has 112 valence electrons. The molecular formula is C14H27NO3S. The Hall–Kier alpha value is -0.580. The van der Waals surface area contributed by atoms with E-state index in [1.807, 2.05) is 0 Å². The number of sulfone groups is 1. The van der Waals surface area contributed by atoms with Crippen LogP contribution in [0.15, 0.2) is 0 Å². The Morgan fingerprint density at radius 1 is 1.16 bits per heavy atom. The fraction of sp³-hybridized carbons (Fsp3) is 0.929. The van der Waals surface area contributed by atoms with E-state index in [1.165, 1.54) is 25.7 Å². The van der Waals surface area contributed by atoms with Crippen molar-refractivity contribution in [2.45, 2.75) is 58.3 Å². The number of nitrogens with one attached hydrogen (secondary N) is 1. The number of hydrogen-bond acceptors (Lipinski definition) is 3. The van der Waals surface area contributed by atoms with Gasteiger partial charge in [0.1, 0.15) is 0 Å². The van der Waals surface area contributed by atoms with E-state index in [2.05, 4.69) is 12.2 Å². The van der Waals surface area contributed by atoms with Gasteiger partial charge in [0.25, 0.3) is 0 Å². The summed E-state index contributed by atoms with van der Waals surface area (Å²) in [6.07, 6.45) is 8.32. The van der Waals surface area contributed by atoms with Crippen molar-refractivity contribution in [3.63, 3.8) is 0 Å². The van der Waals surface area contributed by atoms with Gasteiger partial charge < -0.3 is 5.32 Å². The van der Waals surface area contributed by atoms with Crippen molar-refractivity contribution in [1.82, 2.24) is 5.32 Å². The third-order valence-corrected chi connectivity index (χ3v) is 5.51. The molecule has 0 bridgehead atoms. The summed E-state index contributed by atoms with van der Waals surface area (Å²) in [4.78, 5) is 11.6. The van der Waals surface area contributed by atoms with Crippen LogP contribution in [-0.4, -0.2) is 32.4 Å². The molecule has 5 heteroatoms. The molecule has 1 fully saturated rings. The van der Waals surface area contributed by atoms with Gasteiger partial charge >= 0.3 is 0 Å². The minimum Gasteiger partial charge on any atom is -0.356 e. The van der Waals surface area contributed by atoms with Gasteiger partial charge in [-0.25, -0.2) is 8.42 Å². The zero-order valence-corrected chi connectivity index (χ0v) is 12.8. The van der Waals surface area contributed by atoms with Gasteiger partial charge in [-0.2, -0.15) is 0 Å².